The van der Waals surface area contributed by atoms with Gasteiger partial charge in [-0.05, 0) is 63.8 Å². The molecule has 5 nitrogen and oxygen atoms in total. The zero-order chi connectivity index (χ0) is 18.6. The summed E-state index contributed by atoms with van der Waals surface area (Å²) in [7, 11) is 0. The second-order valence-electron chi connectivity index (χ2n) is 7.65. The molecule has 2 aromatic rings. The van der Waals surface area contributed by atoms with Gasteiger partial charge in [0.05, 0.1) is 6.04 Å². The van der Waals surface area contributed by atoms with Gasteiger partial charge in [-0.3, -0.25) is 0 Å². The molecule has 1 unspecified atom stereocenters. The first-order valence-electron chi connectivity index (χ1n) is 9.20. The van der Waals surface area contributed by atoms with Gasteiger partial charge in [0.25, 0.3) is 0 Å². The molecule has 1 aromatic carbocycles. The lowest BCUT2D eigenvalue weighted by molar-refractivity contribution is 0.00948. The smallest absolute Gasteiger partial charge is 0.410 e. The fourth-order valence-electron chi connectivity index (χ4n) is 3.16. The summed E-state index contributed by atoms with van der Waals surface area (Å²) in [5.41, 5.74) is 1.57. The lowest BCUT2D eigenvalue weighted by atomic mass is 9.97. The summed E-state index contributed by atoms with van der Waals surface area (Å²) in [6.07, 6.45) is 4.67. The summed E-state index contributed by atoms with van der Waals surface area (Å²) < 4.78 is 5.59. The molecular weight excluding hydrogens is 326 g/mol. The Morgan fingerprint density at radius 2 is 1.92 bits per heavy atom. The standard InChI is InChI=1S/C21H27N3O2/c1-21(2,3)26-20(25)24-14-8-7-11-18(24)16-12-13-19(22-15-16)23-17-9-5-4-6-10-17/h4-6,9-10,12-13,15,18H,7-8,11,14H2,1-3H3,(H,22,23). The number of nitrogens with zero attached hydrogens (tertiary/aromatic N) is 2. The van der Waals surface area contributed by atoms with E-state index in [4.69, 9.17) is 4.74 Å². The molecule has 26 heavy (non-hydrogen) atoms. The second kappa shape index (κ2) is 7.77. The number of rotatable bonds is 3. The van der Waals surface area contributed by atoms with E-state index in [9.17, 15) is 4.79 Å². The molecule has 0 spiro atoms. The number of pyridine rings is 1. The second-order valence-corrected chi connectivity index (χ2v) is 7.65. The molecule has 0 radical (unpaired) electrons. The van der Waals surface area contributed by atoms with Gasteiger partial charge >= 0.3 is 6.09 Å². The highest BCUT2D eigenvalue weighted by Crippen LogP contribution is 2.32. The van der Waals surface area contributed by atoms with Crippen LogP contribution in [-0.2, 0) is 4.74 Å². The van der Waals surface area contributed by atoms with Gasteiger partial charge in [-0.2, -0.15) is 0 Å². The van der Waals surface area contributed by atoms with Crippen molar-refractivity contribution < 1.29 is 9.53 Å². The van der Waals surface area contributed by atoms with Crippen LogP contribution in [0.1, 0.15) is 51.6 Å². The Hall–Kier alpha value is -2.56. The van der Waals surface area contributed by atoms with Crippen LogP contribution in [-0.4, -0.2) is 28.1 Å². The van der Waals surface area contributed by atoms with Gasteiger partial charge in [0, 0.05) is 18.4 Å². The monoisotopic (exact) mass is 353 g/mol. The van der Waals surface area contributed by atoms with Crippen molar-refractivity contribution in [2.45, 2.75) is 51.7 Å². The van der Waals surface area contributed by atoms with Crippen LogP contribution in [0.4, 0.5) is 16.3 Å². The first-order valence-corrected chi connectivity index (χ1v) is 9.20. The number of ether oxygens (including phenoxy) is 1. The normalized spacial score (nSPS) is 17.7. The summed E-state index contributed by atoms with van der Waals surface area (Å²) in [5, 5.41) is 3.28. The number of hydrogen-bond donors (Lipinski definition) is 1. The van der Waals surface area contributed by atoms with Gasteiger partial charge in [0.1, 0.15) is 11.4 Å². The van der Waals surface area contributed by atoms with Crippen LogP contribution in [0.15, 0.2) is 48.7 Å². The third-order valence-corrected chi connectivity index (χ3v) is 4.35. The molecule has 1 atom stereocenters. The number of benzene rings is 1. The van der Waals surface area contributed by atoms with Gasteiger partial charge in [-0.25, -0.2) is 9.78 Å². The van der Waals surface area contributed by atoms with Crippen LogP contribution in [0.2, 0.25) is 0 Å². The van der Waals surface area contributed by atoms with Gasteiger partial charge in [0.15, 0.2) is 0 Å². The molecule has 5 heteroatoms. The molecular formula is C21H27N3O2. The Balaban J connectivity index is 1.72. The first kappa shape index (κ1) is 18.2. The lowest BCUT2D eigenvalue weighted by Gasteiger charge is -2.36. The molecule has 1 aliphatic rings. The van der Waals surface area contributed by atoms with Gasteiger partial charge in [-0.15, -0.1) is 0 Å². The highest BCUT2D eigenvalue weighted by atomic mass is 16.6. The molecule has 0 aliphatic carbocycles. The largest absolute Gasteiger partial charge is 0.444 e. The van der Waals surface area contributed by atoms with E-state index in [1.807, 2.05) is 74.3 Å². The molecule has 1 fully saturated rings. The van der Waals surface area contributed by atoms with Crippen molar-refractivity contribution >= 4 is 17.6 Å². The van der Waals surface area contributed by atoms with Crippen LogP contribution in [0.5, 0.6) is 0 Å². The van der Waals surface area contributed by atoms with E-state index >= 15 is 0 Å². The molecule has 2 heterocycles. The highest BCUT2D eigenvalue weighted by molar-refractivity contribution is 5.69. The Bertz CT molecular complexity index is 723. The van der Waals surface area contributed by atoms with Gasteiger partial charge in [0.2, 0.25) is 0 Å². The van der Waals surface area contributed by atoms with Crippen LogP contribution in [0.25, 0.3) is 0 Å². The number of carbonyl (C=O) groups excluding carboxylic acids is 1. The molecule has 1 aromatic heterocycles. The zero-order valence-corrected chi connectivity index (χ0v) is 15.7. The summed E-state index contributed by atoms with van der Waals surface area (Å²) in [5.74, 6) is 0.791. The van der Waals surface area contributed by atoms with Crippen molar-refractivity contribution in [3.05, 3.63) is 54.2 Å². The maximum absolute atomic E-state index is 12.6. The molecule has 0 bridgehead atoms. The van der Waals surface area contributed by atoms with E-state index in [0.717, 1.165) is 42.9 Å². The summed E-state index contributed by atoms with van der Waals surface area (Å²) in [6, 6.07) is 14.0. The molecule has 1 N–H and O–H groups in total. The van der Waals surface area contributed by atoms with Crippen LogP contribution < -0.4 is 5.32 Å². The molecule has 138 valence electrons. The van der Waals surface area contributed by atoms with Crippen molar-refractivity contribution in [1.82, 2.24) is 9.88 Å². The number of aromatic nitrogens is 1. The third kappa shape index (κ3) is 4.75. The van der Waals surface area contributed by atoms with Crippen molar-refractivity contribution in [2.75, 3.05) is 11.9 Å². The molecule has 3 rings (SSSR count). The maximum Gasteiger partial charge on any atom is 0.410 e. The number of para-hydroxylation sites is 1. The number of piperidine rings is 1. The third-order valence-electron chi connectivity index (χ3n) is 4.35. The predicted octanol–water partition coefficient (Wildman–Crippen LogP) is 5.29. The molecule has 1 saturated heterocycles. The number of nitrogens with one attached hydrogen (secondary N) is 1. The Morgan fingerprint density at radius 3 is 2.58 bits per heavy atom. The SMILES string of the molecule is CC(C)(C)OC(=O)N1CCCCC1c1ccc(Nc2ccccc2)nc1. The number of anilines is 2. The minimum atomic E-state index is -0.485. The molecule has 0 saturated carbocycles. The Labute approximate surface area is 155 Å². The van der Waals surface area contributed by atoms with Crippen molar-refractivity contribution in [1.29, 1.82) is 0 Å². The van der Waals surface area contributed by atoms with Crippen LogP contribution >= 0.6 is 0 Å². The van der Waals surface area contributed by atoms with E-state index < -0.39 is 5.60 Å². The van der Waals surface area contributed by atoms with Crippen LogP contribution in [0.3, 0.4) is 0 Å². The fraction of sp³-hybridized carbons (Fsp3) is 0.429. The fourth-order valence-corrected chi connectivity index (χ4v) is 3.16. The zero-order valence-electron chi connectivity index (χ0n) is 15.7. The Kier molecular flexibility index (Phi) is 5.45. The predicted molar refractivity (Wildman–Crippen MR) is 103 cm³/mol. The van der Waals surface area contributed by atoms with E-state index in [0.29, 0.717) is 0 Å². The van der Waals surface area contributed by atoms with Crippen molar-refractivity contribution in [3.63, 3.8) is 0 Å². The average Bonchev–Trinajstić information content (AvgIpc) is 2.62. The topological polar surface area (TPSA) is 54.5 Å². The van der Waals surface area contributed by atoms with Gasteiger partial charge in [-0.1, -0.05) is 24.3 Å². The number of likely N-dealkylation sites (tertiary alicyclic amines) is 1. The summed E-state index contributed by atoms with van der Waals surface area (Å²) in [4.78, 5) is 18.9. The maximum atomic E-state index is 12.6. The molecule has 1 aliphatic heterocycles. The van der Waals surface area contributed by atoms with Crippen LogP contribution in [0, 0.1) is 0 Å². The van der Waals surface area contributed by atoms with Gasteiger partial charge < -0.3 is 15.0 Å². The first-order chi connectivity index (χ1) is 12.4. The lowest BCUT2D eigenvalue weighted by Crippen LogP contribution is -2.41. The number of hydrogen-bond acceptors (Lipinski definition) is 4. The highest BCUT2D eigenvalue weighted by Gasteiger charge is 2.31. The Morgan fingerprint density at radius 1 is 1.15 bits per heavy atom. The average molecular weight is 353 g/mol. The quantitative estimate of drug-likeness (QED) is 0.815. The number of carbonyl (C=O) groups is 1. The summed E-state index contributed by atoms with van der Waals surface area (Å²) >= 11 is 0. The summed E-state index contributed by atoms with van der Waals surface area (Å²) in [6.45, 7) is 6.42. The number of amides is 1. The minimum absolute atomic E-state index is 0.0249. The van der Waals surface area contributed by atoms with Crippen molar-refractivity contribution in [3.8, 4) is 0 Å². The van der Waals surface area contributed by atoms with E-state index in [2.05, 4.69) is 10.3 Å². The van der Waals surface area contributed by atoms with E-state index in [-0.39, 0.29) is 12.1 Å². The minimum Gasteiger partial charge on any atom is -0.444 e. The van der Waals surface area contributed by atoms with E-state index in [1.54, 1.807) is 0 Å². The van der Waals surface area contributed by atoms with Crippen molar-refractivity contribution in [2.24, 2.45) is 0 Å². The van der Waals surface area contributed by atoms with E-state index in [1.165, 1.54) is 0 Å². The molecule has 1 amide bonds.